The van der Waals surface area contributed by atoms with E-state index in [1.54, 1.807) is 6.26 Å². The number of nitrogens with two attached hydrogens (primary N) is 1. The molecule has 6 heteroatoms. The average molecular weight is 220 g/mol. The van der Waals surface area contributed by atoms with Gasteiger partial charge in [0.2, 0.25) is 5.96 Å². The Bertz CT molecular complexity index is 206. The van der Waals surface area contributed by atoms with Crippen LogP contribution in [0.1, 0.15) is 13.8 Å². The van der Waals surface area contributed by atoms with Crippen LogP contribution in [-0.2, 0) is 10.8 Å². The predicted molar refractivity (Wildman–Crippen MR) is 61.4 cm³/mol. The van der Waals surface area contributed by atoms with Gasteiger partial charge in [-0.05, 0) is 5.92 Å². The Morgan fingerprint density at radius 1 is 1.57 bits per heavy atom. The van der Waals surface area contributed by atoms with E-state index in [0.29, 0.717) is 24.2 Å². The lowest BCUT2D eigenvalue weighted by molar-refractivity contribution is 0.657. The zero-order valence-electron chi connectivity index (χ0n) is 9.04. The van der Waals surface area contributed by atoms with Crippen LogP contribution in [0.4, 0.5) is 0 Å². The highest BCUT2D eigenvalue weighted by Gasteiger charge is 1.97. The van der Waals surface area contributed by atoms with Crippen LogP contribution in [0.3, 0.4) is 0 Å². The molecule has 0 amide bonds. The highest BCUT2D eigenvalue weighted by atomic mass is 32.2. The number of nitrogens with zero attached hydrogens (tertiary/aromatic N) is 1. The van der Waals surface area contributed by atoms with Crippen LogP contribution >= 0.6 is 0 Å². The van der Waals surface area contributed by atoms with Crippen molar-refractivity contribution in [3.05, 3.63) is 0 Å². The second kappa shape index (κ2) is 7.75. The van der Waals surface area contributed by atoms with E-state index in [9.17, 15) is 4.21 Å². The van der Waals surface area contributed by atoms with Gasteiger partial charge in [-0.25, -0.2) is 5.84 Å². The molecule has 0 aliphatic carbocycles. The van der Waals surface area contributed by atoms with Gasteiger partial charge >= 0.3 is 0 Å². The summed E-state index contributed by atoms with van der Waals surface area (Å²) in [5, 5.41) is 2.98. The fourth-order valence-electron chi connectivity index (χ4n) is 0.740. The van der Waals surface area contributed by atoms with Crippen molar-refractivity contribution in [2.24, 2.45) is 16.8 Å². The second-order valence-electron chi connectivity index (χ2n) is 3.43. The Balaban J connectivity index is 3.78. The normalized spacial score (nSPS) is 14.2. The zero-order chi connectivity index (χ0) is 11.0. The monoisotopic (exact) mass is 220 g/mol. The van der Waals surface area contributed by atoms with Gasteiger partial charge in [-0.2, -0.15) is 0 Å². The first kappa shape index (κ1) is 13.4. The number of aliphatic imine (C=N–C) groups is 1. The molecule has 1 unspecified atom stereocenters. The SMILES string of the molecule is CC(C)CN=C(NN)NCCS(C)=O. The van der Waals surface area contributed by atoms with Gasteiger partial charge in [0.25, 0.3) is 0 Å². The van der Waals surface area contributed by atoms with Crippen LogP contribution in [-0.4, -0.2) is 35.3 Å². The minimum Gasteiger partial charge on any atom is -0.354 e. The Morgan fingerprint density at radius 2 is 2.21 bits per heavy atom. The molecular formula is C8H20N4OS. The summed E-state index contributed by atoms with van der Waals surface area (Å²) in [6, 6.07) is 0. The van der Waals surface area contributed by atoms with Crippen molar-refractivity contribution in [3.8, 4) is 0 Å². The van der Waals surface area contributed by atoms with Gasteiger partial charge in [-0.1, -0.05) is 13.8 Å². The predicted octanol–water partition coefficient (Wildman–Crippen LogP) is -0.570. The molecular weight excluding hydrogens is 200 g/mol. The van der Waals surface area contributed by atoms with Gasteiger partial charge in [-0.3, -0.25) is 14.6 Å². The standard InChI is InChI=1S/C8H20N4OS/c1-7(2)6-11-8(12-9)10-4-5-14(3)13/h7H,4-6,9H2,1-3H3,(H2,10,11,12). The van der Waals surface area contributed by atoms with E-state index in [1.165, 1.54) is 0 Å². The van der Waals surface area contributed by atoms with Crippen LogP contribution < -0.4 is 16.6 Å². The fraction of sp³-hybridized carbons (Fsp3) is 0.875. The van der Waals surface area contributed by atoms with Crippen molar-refractivity contribution >= 4 is 16.8 Å². The molecule has 0 aromatic carbocycles. The Labute approximate surface area is 88.0 Å². The minimum atomic E-state index is -0.783. The van der Waals surface area contributed by atoms with E-state index in [4.69, 9.17) is 5.84 Å². The smallest absolute Gasteiger partial charge is 0.205 e. The lowest BCUT2D eigenvalue weighted by Gasteiger charge is -2.08. The van der Waals surface area contributed by atoms with Crippen LogP contribution in [0.15, 0.2) is 4.99 Å². The summed E-state index contributed by atoms with van der Waals surface area (Å²) < 4.78 is 10.8. The summed E-state index contributed by atoms with van der Waals surface area (Å²) in [5.74, 6) is 6.92. The van der Waals surface area contributed by atoms with Crippen molar-refractivity contribution in [2.75, 3.05) is 25.1 Å². The van der Waals surface area contributed by atoms with Crippen molar-refractivity contribution in [2.45, 2.75) is 13.8 Å². The average Bonchev–Trinajstić information content (AvgIpc) is 2.10. The van der Waals surface area contributed by atoms with E-state index in [-0.39, 0.29) is 0 Å². The van der Waals surface area contributed by atoms with Crippen molar-refractivity contribution in [1.82, 2.24) is 10.7 Å². The summed E-state index contributed by atoms with van der Waals surface area (Å²) in [7, 11) is -0.783. The third-order valence-electron chi connectivity index (χ3n) is 1.43. The molecule has 0 aliphatic heterocycles. The Morgan fingerprint density at radius 3 is 2.64 bits per heavy atom. The molecule has 0 aromatic heterocycles. The van der Waals surface area contributed by atoms with E-state index in [0.717, 1.165) is 6.54 Å². The summed E-state index contributed by atoms with van der Waals surface area (Å²) in [6.07, 6.45) is 1.67. The van der Waals surface area contributed by atoms with Gasteiger partial charge in [0.1, 0.15) is 0 Å². The summed E-state index contributed by atoms with van der Waals surface area (Å²) in [4.78, 5) is 4.21. The summed E-state index contributed by atoms with van der Waals surface area (Å²) >= 11 is 0. The first-order valence-electron chi connectivity index (χ1n) is 4.61. The molecule has 0 fully saturated rings. The lowest BCUT2D eigenvalue weighted by atomic mass is 10.2. The van der Waals surface area contributed by atoms with E-state index in [2.05, 4.69) is 29.6 Å². The topological polar surface area (TPSA) is 79.5 Å². The zero-order valence-corrected chi connectivity index (χ0v) is 9.86. The molecule has 84 valence electrons. The van der Waals surface area contributed by atoms with Crippen molar-refractivity contribution in [3.63, 3.8) is 0 Å². The number of hydrogen-bond acceptors (Lipinski definition) is 3. The van der Waals surface area contributed by atoms with E-state index >= 15 is 0 Å². The molecule has 0 heterocycles. The van der Waals surface area contributed by atoms with E-state index in [1.807, 2.05) is 0 Å². The number of hydrazine groups is 1. The Hall–Kier alpha value is -0.620. The van der Waals surface area contributed by atoms with Crippen molar-refractivity contribution in [1.29, 1.82) is 0 Å². The highest BCUT2D eigenvalue weighted by molar-refractivity contribution is 7.84. The second-order valence-corrected chi connectivity index (χ2v) is 4.99. The van der Waals surface area contributed by atoms with Crippen LogP contribution in [0.2, 0.25) is 0 Å². The van der Waals surface area contributed by atoms with Crippen LogP contribution in [0, 0.1) is 5.92 Å². The van der Waals surface area contributed by atoms with Crippen LogP contribution in [0.5, 0.6) is 0 Å². The molecule has 0 radical (unpaired) electrons. The number of guanidine groups is 1. The molecule has 0 bridgehead atoms. The maximum atomic E-state index is 10.8. The fourth-order valence-corrected chi connectivity index (χ4v) is 1.13. The molecule has 4 N–H and O–H groups in total. The maximum Gasteiger partial charge on any atom is 0.205 e. The van der Waals surface area contributed by atoms with Gasteiger partial charge in [0.05, 0.1) is 0 Å². The third-order valence-corrected chi connectivity index (χ3v) is 2.21. The molecule has 0 saturated carbocycles. The third kappa shape index (κ3) is 8.00. The van der Waals surface area contributed by atoms with Crippen LogP contribution in [0.25, 0.3) is 0 Å². The number of nitrogens with one attached hydrogen (secondary N) is 2. The molecule has 0 aliphatic rings. The van der Waals surface area contributed by atoms with Crippen molar-refractivity contribution < 1.29 is 4.21 Å². The molecule has 0 spiro atoms. The largest absolute Gasteiger partial charge is 0.354 e. The first-order chi connectivity index (χ1) is 6.56. The molecule has 0 aromatic rings. The maximum absolute atomic E-state index is 10.8. The van der Waals surface area contributed by atoms with Gasteiger partial charge < -0.3 is 5.32 Å². The molecule has 0 rings (SSSR count). The molecule has 1 atom stereocenters. The van der Waals surface area contributed by atoms with Gasteiger partial charge in [0.15, 0.2) is 0 Å². The lowest BCUT2D eigenvalue weighted by Crippen LogP contribution is -2.43. The van der Waals surface area contributed by atoms with E-state index < -0.39 is 10.8 Å². The first-order valence-corrected chi connectivity index (χ1v) is 6.34. The molecule has 14 heavy (non-hydrogen) atoms. The molecule has 0 saturated heterocycles. The quantitative estimate of drug-likeness (QED) is 0.251. The minimum absolute atomic E-state index is 0.500. The van der Waals surface area contributed by atoms with Gasteiger partial charge in [0, 0.05) is 35.9 Å². The number of rotatable bonds is 5. The number of hydrogen-bond donors (Lipinski definition) is 3. The summed E-state index contributed by atoms with van der Waals surface area (Å²) in [5.41, 5.74) is 2.47. The summed E-state index contributed by atoms with van der Waals surface area (Å²) in [6.45, 7) is 5.50. The molecule has 5 nitrogen and oxygen atoms in total. The van der Waals surface area contributed by atoms with Gasteiger partial charge in [-0.15, -0.1) is 0 Å². The Kier molecular flexibility index (Phi) is 7.41. The highest BCUT2D eigenvalue weighted by Crippen LogP contribution is 1.90.